The first-order valence-electron chi connectivity index (χ1n) is 16.7. The topological polar surface area (TPSA) is 199 Å². The van der Waals surface area contributed by atoms with E-state index in [1.165, 1.54) is 31.0 Å². The van der Waals surface area contributed by atoms with Crippen LogP contribution in [0.15, 0.2) is 57.6 Å². The molecule has 0 spiro atoms. The van der Waals surface area contributed by atoms with Gasteiger partial charge in [0.25, 0.3) is 11.8 Å². The first-order chi connectivity index (χ1) is 27.6. The molecule has 5 N–H and O–H groups in total. The summed E-state index contributed by atoms with van der Waals surface area (Å²) < 4.78 is 97.1. The Bertz CT molecular complexity index is 2450. The van der Waals surface area contributed by atoms with Gasteiger partial charge in [-0.15, -0.1) is 0 Å². The average Bonchev–Trinajstić information content (AvgIpc) is 3.79. The van der Waals surface area contributed by atoms with Crippen molar-refractivity contribution in [2.24, 2.45) is 0 Å². The molecular formula is C36H37ClF6N10O6. The largest absolute Gasteiger partial charge is 0.495 e. The number of furan rings is 2. The summed E-state index contributed by atoms with van der Waals surface area (Å²) in [5.74, 6) is 0.123. The number of aromatic nitrogens is 4. The summed E-state index contributed by atoms with van der Waals surface area (Å²) in [4.78, 5) is 40.9. The zero-order chi connectivity index (χ0) is 44.0. The third-order valence-corrected chi connectivity index (χ3v) is 8.00. The van der Waals surface area contributed by atoms with E-state index in [1.807, 2.05) is 0 Å². The maximum Gasteiger partial charge on any atom is 0.421 e. The van der Waals surface area contributed by atoms with Crippen molar-refractivity contribution in [2.75, 3.05) is 78.2 Å². The lowest BCUT2D eigenvalue weighted by Crippen LogP contribution is -2.20. The number of nitrogen functional groups attached to an aromatic ring is 1. The lowest BCUT2D eigenvalue weighted by Gasteiger charge is -2.14. The second-order valence-corrected chi connectivity index (χ2v) is 12.7. The van der Waals surface area contributed by atoms with Crippen LogP contribution in [0.4, 0.5) is 55.3 Å². The van der Waals surface area contributed by atoms with Gasteiger partial charge in [-0.05, 0) is 35.9 Å². The van der Waals surface area contributed by atoms with E-state index in [-0.39, 0.29) is 46.2 Å². The summed E-state index contributed by atoms with van der Waals surface area (Å²) in [5, 5.41) is 8.71. The van der Waals surface area contributed by atoms with E-state index in [1.54, 1.807) is 71.7 Å². The van der Waals surface area contributed by atoms with Crippen LogP contribution < -0.4 is 31.2 Å². The van der Waals surface area contributed by atoms with Crippen LogP contribution in [-0.4, -0.2) is 98.1 Å². The van der Waals surface area contributed by atoms with Crippen LogP contribution in [0.5, 0.6) is 11.5 Å². The van der Waals surface area contributed by atoms with Gasteiger partial charge in [-0.1, -0.05) is 0 Å². The van der Waals surface area contributed by atoms with Gasteiger partial charge in [0.05, 0.1) is 25.6 Å². The van der Waals surface area contributed by atoms with Gasteiger partial charge in [-0.25, -0.2) is 15.0 Å². The minimum Gasteiger partial charge on any atom is -0.495 e. The van der Waals surface area contributed by atoms with Gasteiger partial charge >= 0.3 is 12.4 Å². The second-order valence-electron chi connectivity index (χ2n) is 12.3. The summed E-state index contributed by atoms with van der Waals surface area (Å²) in [7, 11) is 12.2. The normalized spacial score (nSPS) is 11.2. The van der Waals surface area contributed by atoms with Gasteiger partial charge in [0.2, 0.25) is 11.2 Å². The first kappa shape index (κ1) is 45.0. The molecule has 2 aromatic carbocycles. The average molecular weight is 855 g/mol. The molecule has 316 valence electrons. The van der Waals surface area contributed by atoms with Crippen LogP contribution in [0, 0.1) is 0 Å². The number of amides is 2. The van der Waals surface area contributed by atoms with E-state index in [9.17, 15) is 35.9 Å². The smallest absolute Gasteiger partial charge is 0.421 e. The van der Waals surface area contributed by atoms with Gasteiger partial charge in [0, 0.05) is 77.6 Å². The summed E-state index contributed by atoms with van der Waals surface area (Å²) in [6.07, 6.45) is -7.73. The van der Waals surface area contributed by atoms with Gasteiger partial charge in [0.1, 0.15) is 45.4 Å². The maximum atomic E-state index is 13.0. The summed E-state index contributed by atoms with van der Waals surface area (Å²) >= 11 is 5.32. The van der Waals surface area contributed by atoms with Crippen LogP contribution in [0.2, 0.25) is 5.28 Å². The third kappa shape index (κ3) is 10.8. The fourth-order valence-corrected chi connectivity index (χ4v) is 5.09. The number of alkyl halides is 6. The van der Waals surface area contributed by atoms with E-state index in [4.69, 9.17) is 35.6 Å². The Hall–Kier alpha value is -6.71. The van der Waals surface area contributed by atoms with Gasteiger partial charge in [-0.3, -0.25) is 9.59 Å². The Morgan fingerprint density at radius 1 is 0.712 bits per heavy atom. The van der Waals surface area contributed by atoms with Gasteiger partial charge in [0.15, 0.2) is 11.5 Å². The zero-order valence-corrected chi connectivity index (χ0v) is 33.2. The number of carbonyl (C=O) groups excluding carboxylic acids is 2. The number of nitrogens with zero attached hydrogens (tertiary/aromatic N) is 6. The molecule has 0 aliphatic carbocycles. The highest BCUT2D eigenvalue weighted by Gasteiger charge is 2.36. The number of nitrogens with two attached hydrogens (primary N) is 1. The number of hydrogen-bond donors (Lipinski definition) is 4. The number of rotatable bonds is 8. The summed E-state index contributed by atoms with van der Waals surface area (Å²) in [5.41, 5.74) is 5.66. The number of carbonyl (C=O) groups is 2. The maximum absolute atomic E-state index is 13.0. The van der Waals surface area contributed by atoms with Gasteiger partial charge in [-0.2, -0.15) is 31.3 Å². The van der Waals surface area contributed by atoms with E-state index in [0.717, 1.165) is 5.39 Å². The van der Waals surface area contributed by atoms with E-state index in [2.05, 4.69) is 35.9 Å². The van der Waals surface area contributed by atoms with Crippen molar-refractivity contribution in [1.82, 2.24) is 29.7 Å². The molecule has 0 saturated carbocycles. The van der Waals surface area contributed by atoms with Gasteiger partial charge < -0.3 is 49.8 Å². The van der Waals surface area contributed by atoms with E-state index >= 15 is 0 Å². The van der Waals surface area contributed by atoms with Crippen LogP contribution >= 0.6 is 11.6 Å². The molecule has 59 heavy (non-hydrogen) atoms. The molecule has 0 atom stereocenters. The lowest BCUT2D eigenvalue weighted by atomic mass is 10.2. The Morgan fingerprint density at radius 2 is 1.17 bits per heavy atom. The van der Waals surface area contributed by atoms with Crippen LogP contribution in [0.25, 0.3) is 21.9 Å². The number of nitrogens with one attached hydrogen (secondary N) is 3. The minimum atomic E-state index is -4.59. The van der Waals surface area contributed by atoms with Crippen molar-refractivity contribution in [3.8, 4) is 11.5 Å². The number of hydrogen-bond acceptors (Lipinski definition) is 14. The van der Waals surface area contributed by atoms with E-state index < -0.39 is 23.5 Å². The molecule has 16 nitrogen and oxygen atoms in total. The molecule has 0 bridgehead atoms. The quantitative estimate of drug-likeness (QED) is 0.0661. The van der Waals surface area contributed by atoms with Crippen molar-refractivity contribution in [3.63, 3.8) is 0 Å². The number of benzene rings is 2. The molecule has 4 heterocycles. The molecule has 0 saturated heterocycles. The van der Waals surface area contributed by atoms with Crippen LogP contribution in [0.3, 0.4) is 0 Å². The highest BCUT2D eigenvalue weighted by molar-refractivity contribution is 6.28. The summed E-state index contributed by atoms with van der Waals surface area (Å²) in [6.45, 7) is 0. The zero-order valence-electron chi connectivity index (χ0n) is 32.5. The van der Waals surface area contributed by atoms with Crippen molar-refractivity contribution in [2.45, 2.75) is 12.4 Å². The fourth-order valence-electron chi connectivity index (χ4n) is 4.96. The highest BCUT2D eigenvalue weighted by Crippen LogP contribution is 2.37. The predicted octanol–water partition coefficient (Wildman–Crippen LogP) is 7.65. The Balaban J connectivity index is 0.000000216. The first-order valence-corrected chi connectivity index (χ1v) is 17.1. The summed E-state index contributed by atoms with van der Waals surface area (Å²) in [6, 6.07) is 9.86. The molecule has 0 aliphatic rings. The van der Waals surface area contributed by atoms with E-state index in [0.29, 0.717) is 51.8 Å². The number of methoxy groups -OCH3 is 2. The molecular weight excluding hydrogens is 818 g/mol. The molecule has 4 aromatic heterocycles. The van der Waals surface area contributed by atoms with Crippen molar-refractivity contribution >= 4 is 74.3 Å². The minimum absolute atomic E-state index is 0.0730. The highest BCUT2D eigenvalue weighted by atomic mass is 35.5. The SMILES string of the molecule is CNc1nc(Cl)ncc1C(F)(F)F.CNc1nc(Nc2cc3oc(C(=O)N(C)C)cc3cc2OC)ncc1C(F)(F)F.COc1cc2cc(C(=O)N(C)C)oc2cc1N. The standard InChI is InChI=1S/C18H18F3N5O3.C12H14N2O3.C6H5ClF3N3/c1-22-15-10(18(19,20)21)8-23-17(25-15)24-11-7-12-9(5-13(11)28-4)6-14(29-12)16(27)26(2)3;1-14(2)12(15)11-5-7-4-10(16-3)8(13)6-9(7)17-11;1-11-4-3(6(8,9)10)2-12-5(7)13-4/h5-8H,1-4H3,(H2,22,23,24,25);4-6H,13H2,1-3H3;2H,1H3,(H,11,12,13). The Morgan fingerprint density at radius 3 is 1.63 bits per heavy atom. The molecule has 2 amide bonds. The molecule has 0 fully saturated rings. The third-order valence-electron chi connectivity index (χ3n) is 7.82. The molecule has 6 aromatic rings. The number of anilines is 5. The molecule has 0 unspecified atom stereocenters. The lowest BCUT2D eigenvalue weighted by molar-refractivity contribution is -0.138. The fraction of sp³-hybridized carbons (Fsp3) is 0.278. The molecule has 0 aliphatic heterocycles. The monoisotopic (exact) mass is 854 g/mol. The molecule has 23 heteroatoms. The van der Waals surface area contributed by atoms with Crippen LogP contribution in [0.1, 0.15) is 32.2 Å². The second kappa shape index (κ2) is 18.3. The van der Waals surface area contributed by atoms with Crippen molar-refractivity contribution in [1.29, 1.82) is 0 Å². The van der Waals surface area contributed by atoms with Crippen LogP contribution in [-0.2, 0) is 12.4 Å². The number of fused-ring (bicyclic) bond motifs is 2. The van der Waals surface area contributed by atoms with Crippen molar-refractivity contribution in [3.05, 3.63) is 76.7 Å². The Kier molecular flexibility index (Phi) is 13.9. The predicted molar refractivity (Wildman–Crippen MR) is 207 cm³/mol. The molecule has 6 rings (SSSR count). The molecule has 0 radical (unpaired) electrons. The van der Waals surface area contributed by atoms with Crippen molar-refractivity contribution < 1.29 is 54.2 Å². The number of halogens is 7. The number of ether oxygens (including phenoxy) is 2. The Labute approximate surface area is 336 Å².